The van der Waals surface area contributed by atoms with Crippen molar-refractivity contribution in [1.82, 2.24) is 0 Å². The highest BCUT2D eigenvalue weighted by atomic mass is 15.1. The van der Waals surface area contributed by atoms with Crippen molar-refractivity contribution in [3.8, 4) is 0 Å². The number of likely N-dealkylation sites (N-methyl/N-ethyl adjacent to an activating group) is 1. The number of benzene rings is 1. The van der Waals surface area contributed by atoms with E-state index in [9.17, 15) is 0 Å². The van der Waals surface area contributed by atoms with Crippen LogP contribution in [0.3, 0.4) is 0 Å². The van der Waals surface area contributed by atoms with Gasteiger partial charge in [0.05, 0.1) is 0 Å². The monoisotopic (exact) mass is 241 g/mol. The van der Waals surface area contributed by atoms with E-state index in [0.717, 1.165) is 17.8 Å². The molecular formula is C17H23N. The maximum atomic E-state index is 4.18. The van der Waals surface area contributed by atoms with Crippen molar-refractivity contribution in [3.05, 3.63) is 65.9 Å². The van der Waals surface area contributed by atoms with E-state index < -0.39 is 0 Å². The van der Waals surface area contributed by atoms with Gasteiger partial charge in [0, 0.05) is 18.4 Å². The van der Waals surface area contributed by atoms with Crippen LogP contribution in [0.15, 0.2) is 60.3 Å². The molecule has 0 N–H and O–H groups in total. The van der Waals surface area contributed by atoms with E-state index in [4.69, 9.17) is 0 Å². The first-order valence-corrected chi connectivity index (χ1v) is 6.42. The van der Waals surface area contributed by atoms with Crippen molar-refractivity contribution in [2.24, 2.45) is 0 Å². The summed E-state index contributed by atoms with van der Waals surface area (Å²) in [5.74, 6) is 0. The van der Waals surface area contributed by atoms with E-state index >= 15 is 0 Å². The van der Waals surface area contributed by atoms with E-state index in [0.29, 0.717) is 0 Å². The van der Waals surface area contributed by atoms with Crippen LogP contribution in [0.5, 0.6) is 0 Å². The number of hydrogen-bond donors (Lipinski definition) is 0. The molecule has 0 atom stereocenters. The molecule has 0 saturated carbocycles. The van der Waals surface area contributed by atoms with Crippen LogP contribution >= 0.6 is 0 Å². The van der Waals surface area contributed by atoms with Gasteiger partial charge in [-0.05, 0) is 38.0 Å². The highest BCUT2D eigenvalue weighted by molar-refractivity contribution is 5.57. The molecule has 0 radical (unpaired) electrons. The Kier molecular flexibility index (Phi) is 5.44. The van der Waals surface area contributed by atoms with Gasteiger partial charge in [-0.2, -0.15) is 0 Å². The Hall–Kier alpha value is -1.76. The van der Waals surface area contributed by atoms with Crippen LogP contribution < -0.4 is 4.90 Å². The molecule has 0 saturated heterocycles. The summed E-state index contributed by atoms with van der Waals surface area (Å²) in [6, 6.07) is 8.49. The SMILES string of the molecule is C=C(C(/C=C\CC)=C/C)N(C)c1ccc(C)cc1. The Morgan fingerprint density at radius 1 is 1.28 bits per heavy atom. The van der Waals surface area contributed by atoms with Gasteiger partial charge in [0.15, 0.2) is 0 Å². The minimum absolute atomic E-state index is 1.02. The third-order valence-corrected chi connectivity index (χ3v) is 3.00. The van der Waals surface area contributed by atoms with Crippen LogP contribution in [0.1, 0.15) is 25.8 Å². The molecule has 0 unspecified atom stereocenters. The molecule has 0 aliphatic carbocycles. The fourth-order valence-electron chi connectivity index (χ4n) is 1.72. The number of anilines is 1. The summed E-state index contributed by atoms with van der Waals surface area (Å²) < 4.78 is 0. The molecule has 18 heavy (non-hydrogen) atoms. The van der Waals surface area contributed by atoms with Crippen LogP contribution in [0.25, 0.3) is 0 Å². The van der Waals surface area contributed by atoms with Gasteiger partial charge in [0.2, 0.25) is 0 Å². The van der Waals surface area contributed by atoms with Crippen molar-refractivity contribution in [1.29, 1.82) is 0 Å². The summed E-state index contributed by atoms with van der Waals surface area (Å²) >= 11 is 0. The second-order valence-corrected chi connectivity index (χ2v) is 4.40. The highest BCUT2D eigenvalue weighted by Gasteiger charge is 2.06. The number of hydrogen-bond acceptors (Lipinski definition) is 1. The number of aryl methyl sites for hydroxylation is 1. The Morgan fingerprint density at radius 2 is 1.89 bits per heavy atom. The van der Waals surface area contributed by atoms with E-state index in [1.54, 1.807) is 0 Å². The van der Waals surface area contributed by atoms with Gasteiger partial charge >= 0.3 is 0 Å². The molecule has 0 heterocycles. The summed E-state index contributed by atoms with van der Waals surface area (Å²) in [6.07, 6.45) is 7.43. The van der Waals surface area contributed by atoms with Crippen molar-refractivity contribution in [3.63, 3.8) is 0 Å². The van der Waals surface area contributed by atoms with Crippen molar-refractivity contribution in [2.75, 3.05) is 11.9 Å². The molecule has 0 aliphatic rings. The third-order valence-electron chi connectivity index (χ3n) is 3.00. The smallest absolute Gasteiger partial charge is 0.0408 e. The first-order chi connectivity index (χ1) is 8.60. The highest BCUT2D eigenvalue weighted by Crippen LogP contribution is 2.22. The van der Waals surface area contributed by atoms with E-state index in [1.165, 1.54) is 11.1 Å². The van der Waals surface area contributed by atoms with Crippen molar-refractivity contribution < 1.29 is 0 Å². The molecule has 0 amide bonds. The summed E-state index contributed by atoms with van der Waals surface area (Å²) in [7, 11) is 2.05. The van der Waals surface area contributed by atoms with Gasteiger partial charge < -0.3 is 4.90 Å². The molecule has 1 heteroatoms. The number of allylic oxidation sites excluding steroid dienone is 3. The molecular weight excluding hydrogens is 218 g/mol. The van der Waals surface area contributed by atoms with Crippen molar-refractivity contribution in [2.45, 2.75) is 27.2 Å². The van der Waals surface area contributed by atoms with Gasteiger partial charge in [-0.1, -0.05) is 49.4 Å². The predicted octanol–water partition coefficient (Wildman–Crippen LogP) is 4.86. The van der Waals surface area contributed by atoms with Gasteiger partial charge in [-0.15, -0.1) is 0 Å². The largest absolute Gasteiger partial charge is 0.345 e. The topological polar surface area (TPSA) is 3.24 Å². The lowest BCUT2D eigenvalue weighted by atomic mass is 10.1. The molecule has 1 aromatic rings. The van der Waals surface area contributed by atoms with Crippen LogP contribution in [0.2, 0.25) is 0 Å². The standard InChI is InChI=1S/C17H23N/c1-6-8-9-16(7-2)15(4)18(5)17-12-10-14(3)11-13-17/h7-13H,4,6H2,1-3,5H3/b9-8-,16-7+. The van der Waals surface area contributed by atoms with E-state index in [1.807, 2.05) is 6.92 Å². The first-order valence-electron chi connectivity index (χ1n) is 6.42. The first kappa shape index (κ1) is 14.3. The van der Waals surface area contributed by atoms with Gasteiger partial charge in [-0.25, -0.2) is 0 Å². The molecule has 0 spiro atoms. The molecule has 1 nitrogen and oxygen atoms in total. The molecule has 1 rings (SSSR count). The Morgan fingerprint density at radius 3 is 2.39 bits per heavy atom. The molecule has 0 aliphatic heterocycles. The summed E-state index contributed by atoms with van der Waals surface area (Å²) in [5, 5.41) is 0. The predicted molar refractivity (Wildman–Crippen MR) is 81.9 cm³/mol. The zero-order chi connectivity index (χ0) is 13.5. The Labute approximate surface area is 111 Å². The van der Waals surface area contributed by atoms with Crippen LogP contribution in [0, 0.1) is 6.92 Å². The lowest BCUT2D eigenvalue weighted by molar-refractivity contribution is 1.11. The number of nitrogens with zero attached hydrogens (tertiary/aromatic N) is 1. The van der Waals surface area contributed by atoms with Crippen LogP contribution in [0.4, 0.5) is 5.69 Å². The number of rotatable bonds is 5. The average Bonchev–Trinajstić information content (AvgIpc) is 2.39. The maximum absolute atomic E-state index is 4.18. The lowest BCUT2D eigenvalue weighted by Crippen LogP contribution is -2.16. The van der Waals surface area contributed by atoms with Gasteiger partial charge in [0.1, 0.15) is 0 Å². The summed E-state index contributed by atoms with van der Waals surface area (Å²) in [5.41, 5.74) is 4.62. The van der Waals surface area contributed by atoms with Crippen LogP contribution in [-0.4, -0.2) is 7.05 Å². The van der Waals surface area contributed by atoms with E-state index in [-0.39, 0.29) is 0 Å². The quantitative estimate of drug-likeness (QED) is 0.666. The zero-order valence-electron chi connectivity index (χ0n) is 11.9. The summed E-state index contributed by atoms with van der Waals surface area (Å²) in [6.45, 7) is 10.5. The van der Waals surface area contributed by atoms with E-state index in [2.05, 4.69) is 74.9 Å². The normalized spacial score (nSPS) is 11.9. The molecule has 96 valence electrons. The second kappa shape index (κ2) is 6.85. The molecule has 0 aromatic heterocycles. The minimum Gasteiger partial charge on any atom is -0.345 e. The van der Waals surface area contributed by atoms with Gasteiger partial charge in [0.25, 0.3) is 0 Å². The molecule has 1 aromatic carbocycles. The fraction of sp³-hybridized carbons (Fsp3) is 0.294. The fourth-order valence-corrected chi connectivity index (χ4v) is 1.72. The average molecular weight is 241 g/mol. The lowest BCUT2D eigenvalue weighted by Gasteiger charge is -2.23. The maximum Gasteiger partial charge on any atom is 0.0408 e. The minimum atomic E-state index is 1.02. The Bertz CT molecular complexity index is 449. The molecule has 0 fully saturated rings. The molecule has 0 bridgehead atoms. The van der Waals surface area contributed by atoms with Gasteiger partial charge in [-0.3, -0.25) is 0 Å². The van der Waals surface area contributed by atoms with Crippen LogP contribution in [-0.2, 0) is 0 Å². The third kappa shape index (κ3) is 3.63. The Balaban J connectivity index is 2.89. The van der Waals surface area contributed by atoms with Crippen molar-refractivity contribution >= 4 is 5.69 Å². The summed E-state index contributed by atoms with van der Waals surface area (Å²) in [4.78, 5) is 2.12. The zero-order valence-corrected chi connectivity index (χ0v) is 11.9. The second-order valence-electron chi connectivity index (χ2n) is 4.40.